The third-order valence-electron chi connectivity index (χ3n) is 5.34. The van der Waals surface area contributed by atoms with E-state index in [1.807, 2.05) is 41.3 Å². The van der Waals surface area contributed by atoms with Crippen molar-refractivity contribution in [2.75, 3.05) is 30.4 Å². The molecular weight excluding hydrogens is 402 g/mol. The number of nitrogens with zero attached hydrogens (tertiary/aromatic N) is 3. The van der Waals surface area contributed by atoms with Gasteiger partial charge in [-0.05, 0) is 61.4 Å². The summed E-state index contributed by atoms with van der Waals surface area (Å²) in [6.07, 6.45) is 1.45. The molecule has 0 radical (unpaired) electrons. The normalized spacial score (nSPS) is 16.1. The molecule has 1 atom stereocenters. The van der Waals surface area contributed by atoms with E-state index < -0.39 is 11.6 Å². The van der Waals surface area contributed by atoms with Crippen LogP contribution in [0.3, 0.4) is 0 Å². The molecule has 6 nitrogen and oxygen atoms in total. The number of amides is 1. The van der Waals surface area contributed by atoms with Gasteiger partial charge in [0.1, 0.15) is 17.4 Å². The SMILES string of the molecule is COc1ccc(-c2ccc(N3CCCC(C(=O)Nc4cc(F)ccc4F)C3)nn2)cc1. The number of rotatable bonds is 5. The van der Waals surface area contributed by atoms with Crippen LogP contribution in [0.1, 0.15) is 12.8 Å². The van der Waals surface area contributed by atoms with E-state index in [9.17, 15) is 13.6 Å². The highest BCUT2D eigenvalue weighted by atomic mass is 19.1. The second-order valence-corrected chi connectivity index (χ2v) is 7.40. The van der Waals surface area contributed by atoms with Crippen LogP contribution in [0.4, 0.5) is 20.3 Å². The maximum Gasteiger partial charge on any atom is 0.229 e. The zero-order valence-electron chi connectivity index (χ0n) is 17.0. The summed E-state index contributed by atoms with van der Waals surface area (Å²) in [5.74, 6) is -0.524. The van der Waals surface area contributed by atoms with Crippen LogP contribution in [0.25, 0.3) is 11.3 Å². The van der Waals surface area contributed by atoms with E-state index in [1.54, 1.807) is 7.11 Å². The Morgan fingerprint density at radius 2 is 1.90 bits per heavy atom. The van der Waals surface area contributed by atoms with Gasteiger partial charge in [-0.1, -0.05) is 0 Å². The molecule has 2 heterocycles. The van der Waals surface area contributed by atoms with Crippen LogP contribution in [0.15, 0.2) is 54.6 Å². The fourth-order valence-electron chi connectivity index (χ4n) is 3.64. The minimum absolute atomic E-state index is 0.147. The molecule has 0 bridgehead atoms. The van der Waals surface area contributed by atoms with Crippen molar-refractivity contribution in [1.82, 2.24) is 10.2 Å². The van der Waals surface area contributed by atoms with Gasteiger partial charge in [-0.3, -0.25) is 4.79 Å². The van der Waals surface area contributed by atoms with Gasteiger partial charge >= 0.3 is 0 Å². The van der Waals surface area contributed by atoms with Crippen molar-refractivity contribution in [2.45, 2.75) is 12.8 Å². The maximum absolute atomic E-state index is 13.8. The lowest BCUT2D eigenvalue weighted by molar-refractivity contribution is -0.120. The number of halogens is 2. The second kappa shape index (κ2) is 9.07. The topological polar surface area (TPSA) is 67.3 Å². The van der Waals surface area contributed by atoms with Crippen LogP contribution < -0.4 is 15.0 Å². The number of hydrogen-bond donors (Lipinski definition) is 1. The molecule has 1 amide bonds. The Morgan fingerprint density at radius 3 is 2.61 bits per heavy atom. The summed E-state index contributed by atoms with van der Waals surface area (Å²) in [7, 11) is 1.62. The lowest BCUT2D eigenvalue weighted by atomic mass is 9.97. The molecule has 3 aromatic rings. The maximum atomic E-state index is 13.8. The number of carbonyl (C=O) groups is 1. The van der Waals surface area contributed by atoms with Crippen molar-refractivity contribution < 1.29 is 18.3 Å². The molecule has 8 heteroatoms. The number of methoxy groups -OCH3 is 1. The Labute approximate surface area is 178 Å². The van der Waals surface area contributed by atoms with Crippen LogP contribution >= 0.6 is 0 Å². The molecular formula is C23H22F2N4O2. The molecule has 160 valence electrons. The first-order valence-electron chi connectivity index (χ1n) is 10.0. The van der Waals surface area contributed by atoms with E-state index in [0.29, 0.717) is 18.8 Å². The number of nitrogens with one attached hydrogen (secondary N) is 1. The zero-order valence-corrected chi connectivity index (χ0v) is 17.0. The number of anilines is 2. The number of piperidine rings is 1. The predicted molar refractivity (Wildman–Crippen MR) is 114 cm³/mol. The number of ether oxygens (including phenoxy) is 1. The standard InChI is InChI=1S/C23H22F2N4O2/c1-31-18-7-4-15(5-8-18)20-10-11-22(28-27-20)29-12-2-3-16(14-29)23(30)26-21-13-17(24)6-9-19(21)25/h4-11,13,16H,2-3,12,14H2,1H3,(H,26,30). The summed E-state index contributed by atoms with van der Waals surface area (Å²) in [5.41, 5.74) is 1.51. The van der Waals surface area contributed by atoms with E-state index >= 15 is 0 Å². The molecule has 31 heavy (non-hydrogen) atoms. The van der Waals surface area contributed by atoms with Crippen molar-refractivity contribution in [2.24, 2.45) is 5.92 Å². The summed E-state index contributed by atoms with van der Waals surface area (Å²) in [6.45, 7) is 1.17. The summed E-state index contributed by atoms with van der Waals surface area (Å²) in [4.78, 5) is 14.6. The molecule has 1 aliphatic rings. The largest absolute Gasteiger partial charge is 0.497 e. The Bertz CT molecular complexity index is 1060. The highest BCUT2D eigenvalue weighted by Gasteiger charge is 2.27. The van der Waals surface area contributed by atoms with Crippen molar-refractivity contribution in [1.29, 1.82) is 0 Å². The molecule has 1 aliphatic heterocycles. The average Bonchev–Trinajstić information content (AvgIpc) is 2.81. The van der Waals surface area contributed by atoms with Gasteiger partial charge in [0.25, 0.3) is 0 Å². The first kappa shape index (κ1) is 20.7. The number of carbonyl (C=O) groups excluding carboxylic acids is 1. The van der Waals surface area contributed by atoms with Crippen LogP contribution in [0, 0.1) is 17.6 Å². The predicted octanol–water partition coefficient (Wildman–Crippen LogP) is 4.29. The van der Waals surface area contributed by atoms with Gasteiger partial charge in [-0.2, -0.15) is 0 Å². The van der Waals surface area contributed by atoms with Crippen LogP contribution in [0.5, 0.6) is 5.75 Å². The zero-order chi connectivity index (χ0) is 21.8. The third-order valence-corrected chi connectivity index (χ3v) is 5.34. The first-order chi connectivity index (χ1) is 15.0. The minimum Gasteiger partial charge on any atom is -0.497 e. The molecule has 1 unspecified atom stereocenters. The van der Waals surface area contributed by atoms with Crippen molar-refractivity contribution >= 4 is 17.4 Å². The van der Waals surface area contributed by atoms with Crippen LogP contribution in [-0.2, 0) is 4.79 Å². The number of benzene rings is 2. The van der Waals surface area contributed by atoms with Crippen LogP contribution in [0.2, 0.25) is 0 Å². The van der Waals surface area contributed by atoms with Crippen molar-refractivity contribution in [3.63, 3.8) is 0 Å². The average molecular weight is 424 g/mol. The van der Waals surface area contributed by atoms with E-state index in [0.717, 1.165) is 48.2 Å². The van der Waals surface area contributed by atoms with Crippen LogP contribution in [-0.4, -0.2) is 36.3 Å². The van der Waals surface area contributed by atoms with Crippen molar-refractivity contribution in [3.8, 4) is 17.0 Å². The molecule has 4 rings (SSSR count). The van der Waals surface area contributed by atoms with E-state index in [4.69, 9.17) is 4.74 Å². The van der Waals surface area contributed by atoms with Gasteiger partial charge in [-0.25, -0.2) is 8.78 Å². The molecule has 0 spiro atoms. The van der Waals surface area contributed by atoms with Gasteiger partial charge in [0.15, 0.2) is 5.82 Å². The van der Waals surface area contributed by atoms with E-state index in [2.05, 4.69) is 15.5 Å². The Morgan fingerprint density at radius 1 is 1.10 bits per heavy atom. The highest BCUT2D eigenvalue weighted by molar-refractivity contribution is 5.93. The molecule has 0 saturated carbocycles. The fourth-order valence-corrected chi connectivity index (χ4v) is 3.64. The monoisotopic (exact) mass is 424 g/mol. The second-order valence-electron chi connectivity index (χ2n) is 7.40. The lowest BCUT2D eigenvalue weighted by Gasteiger charge is -2.32. The molecule has 2 aromatic carbocycles. The van der Waals surface area contributed by atoms with Gasteiger partial charge in [0, 0.05) is 24.7 Å². The molecule has 1 N–H and O–H groups in total. The van der Waals surface area contributed by atoms with Gasteiger partial charge in [0.2, 0.25) is 5.91 Å². The van der Waals surface area contributed by atoms with Gasteiger partial charge < -0.3 is 15.0 Å². The third kappa shape index (κ3) is 4.79. The Balaban J connectivity index is 1.43. The Hall–Kier alpha value is -3.55. The summed E-state index contributed by atoms with van der Waals surface area (Å²) in [5, 5.41) is 11.1. The Kier molecular flexibility index (Phi) is 6.06. The molecule has 1 aromatic heterocycles. The van der Waals surface area contributed by atoms with E-state index in [1.165, 1.54) is 0 Å². The highest BCUT2D eigenvalue weighted by Crippen LogP contribution is 2.26. The lowest BCUT2D eigenvalue weighted by Crippen LogP contribution is -2.41. The van der Waals surface area contributed by atoms with Crippen molar-refractivity contribution in [3.05, 3.63) is 66.2 Å². The quantitative estimate of drug-likeness (QED) is 0.662. The molecule has 0 aliphatic carbocycles. The summed E-state index contributed by atoms with van der Waals surface area (Å²) < 4.78 is 32.4. The summed E-state index contributed by atoms with van der Waals surface area (Å²) >= 11 is 0. The van der Waals surface area contributed by atoms with Gasteiger partial charge in [0.05, 0.1) is 24.4 Å². The molecule has 1 fully saturated rings. The molecule has 1 saturated heterocycles. The van der Waals surface area contributed by atoms with Gasteiger partial charge in [-0.15, -0.1) is 10.2 Å². The minimum atomic E-state index is -0.664. The number of hydrogen-bond acceptors (Lipinski definition) is 5. The first-order valence-corrected chi connectivity index (χ1v) is 10.0. The summed E-state index contributed by atoms with van der Waals surface area (Å²) in [6, 6.07) is 14.3. The fraction of sp³-hybridized carbons (Fsp3) is 0.261. The number of aromatic nitrogens is 2. The smallest absolute Gasteiger partial charge is 0.229 e. The van der Waals surface area contributed by atoms with E-state index in [-0.39, 0.29) is 17.5 Å².